The second-order valence-electron chi connectivity index (χ2n) is 4.80. The zero-order valence-corrected chi connectivity index (χ0v) is 12.4. The van der Waals surface area contributed by atoms with Crippen molar-refractivity contribution in [1.82, 2.24) is 9.97 Å². The maximum absolute atomic E-state index is 5.63. The maximum Gasteiger partial charge on any atom is 0.226 e. The highest BCUT2D eigenvalue weighted by Crippen LogP contribution is 2.22. The Bertz CT molecular complexity index is 733. The molecule has 0 aliphatic rings. The molecule has 5 nitrogen and oxygen atoms in total. The molecule has 0 aliphatic carbocycles. The van der Waals surface area contributed by atoms with E-state index in [1.807, 2.05) is 43.3 Å². The van der Waals surface area contributed by atoms with Gasteiger partial charge in [-0.2, -0.15) is 0 Å². The van der Waals surface area contributed by atoms with E-state index >= 15 is 0 Å². The quantitative estimate of drug-likeness (QED) is 0.719. The average molecular weight is 296 g/mol. The Morgan fingerprint density at radius 2 is 1.82 bits per heavy atom. The van der Waals surface area contributed by atoms with Gasteiger partial charge in [0.2, 0.25) is 5.89 Å². The maximum atomic E-state index is 5.63. The van der Waals surface area contributed by atoms with Crippen LogP contribution in [-0.2, 0) is 6.61 Å². The van der Waals surface area contributed by atoms with Crippen LogP contribution in [-0.4, -0.2) is 17.1 Å². The summed E-state index contributed by atoms with van der Waals surface area (Å²) >= 11 is 0. The number of methoxy groups -OCH3 is 1. The van der Waals surface area contributed by atoms with E-state index in [9.17, 15) is 0 Å². The average Bonchev–Trinajstić information content (AvgIpc) is 3.03. The molecule has 112 valence electrons. The smallest absolute Gasteiger partial charge is 0.226 e. The molecular weight excluding hydrogens is 280 g/mol. The molecule has 0 N–H and O–H groups in total. The summed E-state index contributed by atoms with van der Waals surface area (Å²) in [5.41, 5.74) is 2.58. The lowest BCUT2D eigenvalue weighted by Gasteiger charge is -2.03. The van der Waals surface area contributed by atoms with Crippen LogP contribution in [0.3, 0.4) is 0 Å². The molecule has 0 atom stereocenters. The fourth-order valence-corrected chi connectivity index (χ4v) is 1.94. The summed E-state index contributed by atoms with van der Waals surface area (Å²) in [5.74, 6) is 2.06. The lowest BCUT2D eigenvalue weighted by Crippen LogP contribution is -1.96. The van der Waals surface area contributed by atoms with Gasteiger partial charge in [-0.25, -0.2) is 4.98 Å². The molecule has 1 aromatic carbocycles. The fraction of sp³-hybridized carbons (Fsp3) is 0.176. The molecule has 0 saturated carbocycles. The Labute approximate surface area is 128 Å². The van der Waals surface area contributed by atoms with Gasteiger partial charge in [-0.15, -0.1) is 0 Å². The number of hydrogen-bond acceptors (Lipinski definition) is 5. The molecule has 3 aromatic rings. The fourth-order valence-electron chi connectivity index (χ4n) is 1.94. The van der Waals surface area contributed by atoms with Crippen LogP contribution in [0, 0.1) is 6.92 Å². The molecule has 0 radical (unpaired) electrons. The van der Waals surface area contributed by atoms with E-state index in [1.54, 1.807) is 19.6 Å². The molecule has 22 heavy (non-hydrogen) atoms. The first-order valence-corrected chi connectivity index (χ1v) is 6.89. The van der Waals surface area contributed by atoms with Gasteiger partial charge >= 0.3 is 0 Å². The minimum Gasteiger partial charge on any atom is -0.497 e. The lowest BCUT2D eigenvalue weighted by atomic mass is 10.2. The highest BCUT2D eigenvalue weighted by molar-refractivity contribution is 5.54. The van der Waals surface area contributed by atoms with Crippen molar-refractivity contribution in [3.8, 4) is 23.0 Å². The third-order valence-electron chi connectivity index (χ3n) is 3.16. The topological polar surface area (TPSA) is 57.4 Å². The summed E-state index contributed by atoms with van der Waals surface area (Å²) in [6, 6.07) is 11.3. The molecule has 3 rings (SSSR count). The van der Waals surface area contributed by atoms with E-state index in [2.05, 4.69) is 9.97 Å². The Balaban J connectivity index is 1.66. The van der Waals surface area contributed by atoms with Crippen LogP contribution >= 0.6 is 0 Å². The summed E-state index contributed by atoms with van der Waals surface area (Å²) in [6.07, 6.45) is 3.29. The van der Waals surface area contributed by atoms with Crippen molar-refractivity contribution in [1.29, 1.82) is 0 Å². The summed E-state index contributed by atoms with van der Waals surface area (Å²) < 4.78 is 16.2. The second-order valence-corrected chi connectivity index (χ2v) is 4.80. The van der Waals surface area contributed by atoms with E-state index in [0.717, 1.165) is 22.7 Å². The Hall–Kier alpha value is -2.82. The number of hydrogen-bond donors (Lipinski definition) is 0. The third kappa shape index (κ3) is 3.25. The van der Waals surface area contributed by atoms with Crippen LogP contribution in [0.4, 0.5) is 0 Å². The van der Waals surface area contributed by atoms with Crippen molar-refractivity contribution >= 4 is 0 Å². The number of nitrogens with zero attached hydrogens (tertiary/aromatic N) is 2. The Morgan fingerprint density at radius 1 is 1.05 bits per heavy atom. The zero-order valence-electron chi connectivity index (χ0n) is 12.4. The molecule has 0 spiro atoms. The number of ether oxygens (including phenoxy) is 2. The first-order chi connectivity index (χ1) is 10.7. The highest BCUT2D eigenvalue weighted by Gasteiger charge is 2.07. The van der Waals surface area contributed by atoms with Crippen molar-refractivity contribution in [3.05, 3.63) is 60.2 Å². The zero-order chi connectivity index (χ0) is 15.4. The molecule has 2 aromatic heterocycles. The van der Waals surface area contributed by atoms with Crippen molar-refractivity contribution in [2.24, 2.45) is 0 Å². The van der Waals surface area contributed by atoms with Gasteiger partial charge in [0.15, 0.2) is 0 Å². The first-order valence-electron chi connectivity index (χ1n) is 6.89. The molecule has 0 unspecified atom stereocenters. The van der Waals surface area contributed by atoms with Gasteiger partial charge in [-0.1, -0.05) is 0 Å². The number of benzene rings is 1. The van der Waals surface area contributed by atoms with Crippen LogP contribution < -0.4 is 9.47 Å². The SMILES string of the molecule is COc1ccc(-c2nc(COc3ccc(C)nc3)co2)cc1. The van der Waals surface area contributed by atoms with Crippen molar-refractivity contribution in [2.75, 3.05) is 7.11 Å². The Morgan fingerprint density at radius 3 is 2.50 bits per heavy atom. The van der Waals surface area contributed by atoms with Gasteiger partial charge in [0.05, 0.1) is 13.3 Å². The number of aryl methyl sites for hydroxylation is 1. The molecule has 0 saturated heterocycles. The number of rotatable bonds is 5. The van der Waals surface area contributed by atoms with Gasteiger partial charge in [0.1, 0.15) is 30.1 Å². The van der Waals surface area contributed by atoms with Gasteiger partial charge in [-0.05, 0) is 43.3 Å². The molecule has 0 bridgehead atoms. The Kier molecular flexibility index (Phi) is 4.05. The van der Waals surface area contributed by atoms with E-state index in [-0.39, 0.29) is 0 Å². The molecule has 0 aliphatic heterocycles. The summed E-state index contributed by atoms with van der Waals surface area (Å²) in [5, 5.41) is 0. The van der Waals surface area contributed by atoms with Crippen LogP contribution in [0.1, 0.15) is 11.4 Å². The predicted molar refractivity (Wildman–Crippen MR) is 81.8 cm³/mol. The van der Waals surface area contributed by atoms with E-state index < -0.39 is 0 Å². The third-order valence-corrected chi connectivity index (χ3v) is 3.16. The van der Waals surface area contributed by atoms with Crippen molar-refractivity contribution < 1.29 is 13.9 Å². The van der Waals surface area contributed by atoms with Crippen LogP contribution in [0.5, 0.6) is 11.5 Å². The summed E-state index contributed by atoms with van der Waals surface area (Å²) in [7, 11) is 1.63. The monoisotopic (exact) mass is 296 g/mol. The molecular formula is C17H16N2O3. The second kappa shape index (κ2) is 6.30. The summed E-state index contributed by atoms with van der Waals surface area (Å²) in [4.78, 5) is 8.60. The molecule has 0 fully saturated rings. The van der Waals surface area contributed by atoms with Gasteiger partial charge in [0, 0.05) is 11.3 Å². The van der Waals surface area contributed by atoms with Gasteiger partial charge in [-0.3, -0.25) is 4.98 Å². The molecule has 5 heteroatoms. The standard InChI is InChI=1S/C17H16N2O3/c1-12-3-6-16(9-18-12)21-10-14-11-22-17(19-14)13-4-7-15(20-2)8-5-13/h3-9,11H,10H2,1-2H3. The normalized spacial score (nSPS) is 10.5. The van der Waals surface area contributed by atoms with Crippen LogP contribution in [0.15, 0.2) is 53.3 Å². The van der Waals surface area contributed by atoms with Crippen LogP contribution in [0.25, 0.3) is 11.5 Å². The predicted octanol–water partition coefficient (Wildman–Crippen LogP) is 3.63. The largest absolute Gasteiger partial charge is 0.497 e. The van der Waals surface area contributed by atoms with Crippen molar-refractivity contribution in [2.45, 2.75) is 13.5 Å². The number of oxazole rings is 1. The minimum atomic E-state index is 0.338. The number of pyridine rings is 1. The van der Waals surface area contributed by atoms with Gasteiger partial charge in [0.25, 0.3) is 0 Å². The molecule has 0 amide bonds. The van der Waals surface area contributed by atoms with E-state index in [0.29, 0.717) is 18.2 Å². The van der Waals surface area contributed by atoms with Crippen LogP contribution in [0.2, 0.25) is 0 Å². The lowest BCUT2D eigenvalue weighted by molar-refractivity contribution is 0.299. The number of aromatic nitrogens is 2. The highest BCUT2D eigenvalue weighted by atomic mass is 16.5. The molecule has 2 heterocycles. The first kappa shape index (κ1) is 14.1. The van der Waals surface area contributed by atoms with Gasteiger partial charge < -0.3 is 13.9 Å². The van der Waals surface area contributed by atoms with E-state index in [4.69, 9.17) is 13.9 Å². The van der Waals surface area contributed by atoms with Crippen molar-refractivity contribution in [3.63, 3.8) is 0 Å². The summed E-state index contributed by atoms with van der Waals surface area (Å²) in [6.45, 7) is 2.27. The van der Waals surface area contributed by atoms with E-state index in [1.165, 1.54) is 0 Å². The minimum absolute atomic E-state index is 0.338.